The monoisotopic (exact) mass is 309 g/mol. The van der Waals surface area contributed by atoms with Crippen LogP contribution < -0.4 is 5.32 Å². The Morgan fingerprint density at radius 1 is 1.24 bits per heavy atom. The van der Waals surface area contributed by atoms with Gasteiger partial charge in [-0.15, -0.1) is 11.3 Å². The Morgan fingerprint density at radius 3 is 2.86 bits per heavy atom. The van der Waals surface area contributed by atoms with Gasteiger partial charge < -0.3 is 14.8 Å². The van der Waals surface area contributed by atoms with Crippen LogP contribution >= 0.6 is 11.3 Å². The molecule has 2 rings (SSSR count). The van der Waals surface area contributed by atoms with Crippen molar-refractivity contribution in [3.63, 3.8) is 0 Å². The average molecular weight is 309 g/mol. The van der Waals surface area contributed by atoms with Gasteiger partial charge in [-0.25, -0.2) is 9.97 Å². The maximum Gasteiger partial charge on any atom is 0.138 e. The summed E-state index contributed by atoms with van der Waals surface area (Å²) in [5.41, 5.74) is 0. The molecule has 0 unspecified atom stereocenters. The first kappa shape index (κ1) is 16.1. The first-order valence-corrected chi connectivity index (χ1v) is 8.14. The second-order valence-corrected chi connectivity index (χ2v) is 6.08. The third-order valence-electron chi connectivity index (χ3n) is 3.01. The largest absolute Gasteiger partial charge is 0.382 e. The topological polar surface area (TPSA) is 56.3 Å². The second-order valence-electron chi connectivity index (χ2n) is 4.85. The number of hydrogen-bond acceptors (Lipinski definition) is 6. The number of aromatic nitrogens is 2. The molecule has 0 amide bonds. The van der Waals surface area contributed by atoms with Crippen molar-refractivity contribution >= 4 is 27.4 Å². The second kappa shape index (κ2) is 8.26. The van der Waals surface area contributed by atoms with E-state index in [1.54, 1.807) is 18.4 Å². The Hall–Kier alpha value is -1.24. The first-order chi connectivity index (χ1) is 10.2. The molecule has 1 N–H and O–H groups in total. The highest BCUT2D eigenvalue weighted by Crippen LogP contribution is 2.28. The molecule has 0 aliphatic rings. The van der Waals surface area contributed by atoms with Gasteiger partial charge in [0, 0.05) is 25.0 Å². The number of fused-ring (bicyclic) bond motifs is 1. The van der Waals surface area contributed by atoms with Crippen LogP contribution in [0.4, 0.5) is 5.82 Å². The van der Waals surface area contributed by atoms with Crippen molar-refractivity contribution < 1.29 is 9.47 Å². The Kier molecular flexibility index (Phi) is 6.35. The zero-order valence-corrected chi connectivity index (χ0v) is 13.8. The van der Waals surface area contributed by atoms with E-state index in [9.17, 15) is 0 Å². The molecule has 0 spiro atoms. The minimum atomic E-state index is 0.609. The van der Waals surface area contributed by atoms with E-state index in [0.717, 1.165) is 41.2 Å². The Labute approximate surface area is 129 Å². The van der Waals surface area contributed by atoms with Crippen LogP contribution in [0.1, 0.15) is 24.0 Å². The van der Waals surface area contributed by atoms with E-state index >= 15 is 0 Å². The highest BCUT2D eigenvalue weighted by Gasteiger charge is 2.10. The van der Waals surface area contributed by atoms with Crippen LogP contribution in [0.15, 0.2) is 6.07 Å². The molecular weight excluding hydrogens is 286 g/mol. The number of nitrogens with zero attached hydrogens (tertiary/aromatic N) is 2. The first-order valence-electron chi connectivity index (χ1n) is 7.32. The molecule has 2 aromatic heterocycles. The molecule has 21 heavy (non-hydrogen) atoms. The minimum Gasteiger partial charge on any atom is -0.382 e. The molecule has 5 nitrogen and oxygen atoms in total. The molecular formula is C15H23N3O2S. The summed E-state index contributed by atoms with van der Waals surface area (Å²) in [4.78, 5) is 11.6. The molecule has 0 fully saturated rings. The number of ether oxygens (including phenoxy) is 2. The van der Waals surface area contributed by atoms with Crippen LogP contribution in [0.25, 0.3) is 10.2 Å². The van der Waals surface area contributed by atoms with Crippen molar-refractivity contribution in [1.29, 1.82) is 0 Å². The van der Waals surface area contributed by atoms with Crippen LogP contribution in [0.5, 0.6) is 0 Å². The summed E-state index contributed by atoms with van der Waals surface area (Å²) < 4.78 is 10.4. The fourth-order valence-corrected chi connectivity index (χ4v) is 2.88. The summed E-state index contributed by atoms with van der Waals surface area (Å²) in [7, 11) is 1.67. The molecule has 116 valence electrons. The van der Waals surface area contributed by atoms with Gasteiger partial charge in [-0.3, -0.25) is 0 Å². The molecule has 0 atom stereocenters. The van der Waals surface area contributed by atoms with Gasteiger partial charge in [-0.1, -0.05) is 6.92 Å². The van der Waals surface area contributed by atoms with Gasteiger partial charge in [0.1, 0.15) is 16.5 Å². The quantitative estimate of drug-likeness (QED) is 0.722. The van der Waals surface area contributed by atoms with Crippen LogP contribution in [-0.2, 0) is 15.9 Å². The SMILES string of the molecule is CCCNc1nc(CCOCCOC)nc2sc(C)cc12. The predicted molar refractivity (Wildman–Crippen MR) is 87.3 cm³/mol. The van der Waals surface area contributed by atoms with Gasteiger partial charge in [0.2, 0.25) is 0 Å². The number of nitrogens with one attached hydrogen (secondary N) is 1. The third-order valence-corrected chi connectivity index (χ3v) is 3.95. The molecule has 0 radical (unpaired) electrons. The predicted octanol–water partition coefficient (Wildman–Crippen LogP) is 3.03. The lowest BCUT2D eigenvalue weighted by molar-refractivity contribution is 0.0717. The van der Waals surface area contributed by atoms with E-state index in [0.29, 0.717) is 19.8 Å². The summed E-state index contributed by atoms with van der Waals surface area (Å²) in [6.45, 7) is 7.01. The summed E-state index contributed by atoms with van der Waals surface area (Å²) >= 11 is 1.71. The smallest absolute Gasteiger partial charge is 0.138 e. The number of methoxy groups -OCH3 is 1. The van der Waals surface area contributed by atoms with Crippen molar-refractivity contribution in [1.82, 2.24) is 9.97 Å². The Morgan fingerprint density at radius 2 is 2.10 bits per heavy atom. The van der Waals surface area contributed by atoms with Gasteiger partial charge in [0.25, 0.3) is 0 Å². The lowest BCUT2D eigenvalue weighted by atomic mass is 10.3. The molecule has 6 heteroatoms. The van der Waals surface area contributed by atoms with Crippen molar-refractivity contribution in [2.75, 3.05) is 38.8 Å². The Balaban J connectivity index is 2.08. The molecule has 0 saturated carbocycles. The molecule has 2 aromatic rings. The van der Waals surface area contributed by atoms with Crippen molar-refractivity contribution in [3.05, 3.63) is 16.8 Å². The van der Waals surface area contributed by atoms with Crippen molar-refractivity contribution in [3.8, 4) is 0 Å². The highest BCUT2D eigenvalue weighted by molar-refractivity contribution is 7.18. The lowest BCUT2D eigenvalue weighted by Gasteiger charge is -2.08. The van der Waals surface area contributed by atoms with Crippen LogP contribution in [0, 0.1) is 6.92 Å². The van der Waals surface area contributed by atoms with Gasteiger partial charge in [0.05, 0.1) is 25.2 Å². The third kappa shape index (κ3) is 4.62. The molecule has 2 heterocycles. The number of anilines is 1. The summed E-state index contributed by atoms with van der Waals surface area (Å²) in [5, 5.41) is 4.52. The fourth-order valence-electron chi connectivity index (χ4n) is 1.98. The summed E-state index contributed by atoms with van der Waals surface area (Å²) in [6, 6.07) is 2.15. The minimum absolute atomic E-state index is 0.609. The highest BCUT2D eigenvalue weighted by atomic mass is 32.1. The van der Waals surface area contributed by atoms with Gasteiger partial charge in [0.15, 0.2) is 0 Å². The zero-order valence-electron chi connectivity index (χ0n) is 12.9. The standard InChI is InChI=1S/C15H23N3O2S/c1-4-6-16-14-12-10-11(2)21-15(12)18-13(17-14)5-7-20-9-8-19-3/h10H,4-9H2,1-3H3,(H,16,17,18). The number of hydrogen-bond donors (Lipinski definition) is 1. The normalized spacial score (nSPS) is 11.2. The van der Waals surface area contributed by atoms with Crippen molar-refractivity contribution in [2.45, 2.75) is 26.7 Å². The zero-order chi connectivity index (χ0) is 15.1. The molecule has 0 saturated heterocycles. The molecule has 0 aromatic carbocycles. The molecule has 0 bridgehead atoms. The van der Waals surface area contributed by atoms with Crippen LogP contribution in [-0.4, -0.2) is 43.4 Å². The van der Waals surface area contributed by atoms with E-state index in [1.807, 2.05) is 0 Å². The van der Waals surface area contributed by atoms with Gasteiger partial charge in [-0.05, 0) is 19.4 Å². The Bertz CT molecular complexity index is 571. The van der Waals surface area contributed by atoms with E-state index in [-0.39, 0.29) is 0 Å². The van der Waals surface area contributed by atoms with Crippen LogP contribution in [0.2, 0.25) is 0 Å². The molecule has 0 aliphatic carbocycles. The summed E-state index contributed by atoms with van der Waals surface area (Å²) in [5.74, 6) is 1.78. The van der Waals surface area contributed by atoms with Crippen molar-refractivity contribution in [2.24, 2.45) is 0 Å². The number of aryl methyl sites for hydroxylation is 1. The van der Waals surface area contributed by atoms with Gasteiger partial charge >= 0.3 is 0 Å². The van der Waals surface area contributed by atoms with E-state index in [4.69, 9.17) is 9.47 Å². The maximum atomic E-state index is 5.49. The van der Waals surface area contributed by atoms with Crippen LogP contribution in [0.3, 0.4) is 0 Å². The maximum absolute atomic E-state index is 5.49. The average Bonchev–Trinajstić information content (AvgIpc) is 2.85. The van der Waals surface area contributed by atoms with E-state index in [1.165, 1.54) is 4.88 Å². The fraction of sp³-hybridized carbons (Fsp3) is 0.600. The molecule has 0 aliphatic heterocycles. The summed E-state index contributed by atoms with van der Waals surface area (Å²) in [6.07, 6.45) is 1.79. The number of thiophene rings is 1. The van der Waals surface area contributed by atoms with E-state index in [2.05, 4.69) is 35.2 Å². The van der Waals surface area contributed by atoms with Gasteiger partial charge in [-0.2, -0.15) is 0 Å². The number of rotatable bonds is 9. The lowest BCUT2D eigenvalue weighted by Crippen LogP contribution is -2.09. The van der Waals surface area contributed by atoms with E-state index < -0.39 is 0 Å².